The first-order chi connectivity index (χ1) is 17.1. The Labute approximate surface area is 206 Å². The molecular formula is C28H34N6O. The first-order valence-electron chi connectivity index (χ1n) is 12.4. The van der Waals surface area contributed by atoms with Crippen molar-refractivity contribution in [1.82, 2.24) is 20.3 Å². The maximum atomic E-state index is 11.8. The van der Waals surface area contributed by atoms with Gasteiger partial charge in [-0.05, 0) is 42.7 Å². The van der Waals surface area contributed by atoms with E-state index in [1.807, 2.05) is 42.5 Å². The van der Waals surface area contributed by atoms with Gasteiger partial charge in [-0.2, -0.15) is 0 Å². The molecule has 0 fully saturated rings. The first-order valence-corrected chi connectivity index (χ1v) is 12.4. The van der Waals surface area contributed by atoms with Gasteiger partial charge in [-0.15, -0.1) is 0 Å². The topological polar surface area (TPSA) is 109 Å². The minimum absolute atomic E-state index is 0.153. The number of aromatic nitrogens is 3. The molecule has 2 heterocycles. The van der Waals surface area contributed by atoms with Crippen molar-refractivity contribution in [1.29, 1.82) is 0 Å². The van der Waals surface area contributed by atoms with Gasteiger partial charge in [0.05, 0.1) is 5.52 Å². The quantitative estimate of drug-likeness (QED) is 0.213. The average molecular weight is 471 g/mol. The number of hydrogen-bond acceptors (Lipinski definition) is 5. The normalized spacial score (nSPS) is 11.7. The summed E-state index contributed by atoms with van der Waals surface area (Å²) < 4.78 is 0. The summed E-state index contributed by atoms with van der Waals surface area (Å²) in [6, 6.07) is 16.0. The van der Waals surface area contributed by atoms with Crippen molar-refractivity contribution in [3.63, 3.8) is 0 Å². The smallest absolute Gasteiger partial charge is 0.244 e. The molecule has 0 aliphatic rings. The number of carbonyl (C=O) groups is 1. The fraction of sp³-hybridized carbons (Fsp3) is 0.321. The molecule has 0 radical (unpaired) electrons. The fourth-order valence-corrected chi connectivity index (χ4v) is 4.34. The second-order valence-electron chi connectivity index (χ2n) is 8.76. The summed E-state index contributed by atoms with van der Waals surface area (Å²) in [6.07, 6.45) is 7.77. The number of nitrogens with zero attached hydrogens (tertiary/aromatic N) is 2. The minimum Gasteiger partial charge on any atom is -0.351 e. The van der Waals surface area contributed by atoms with E-state index in [2.05, 4.69) is 35.5 Å². The molecule has 2 aromatic carbocycles. The van der Waals surface area contributed by atoms with Crippen LogP contribution < -0.4 is 16.4 Å². The molecular weight excluding hydrogens is 436 g/mol. The van der Waals surface area contributed by atoms with Crippen molar-refractivity contribution in [2.45, 2.75) is 45.4 Å². The monoisotopic (exact) mass is 470 g/mol. The number of para-hydroxylation sites is 1. The molecule has 2 aromatic heterocycles. The lowest BCUT2D eigenvalue weighted by atomic mass is 9.98. The van der Waals surface area contributed by atoms with Crippen molar-refractivity contribution in [2.75, 3.05) is 18.4 Å². The number of fused-ring (bicyclic) bond motifs is 3. The van der Waals surface area contributed by atoms with Crippen molar-refractivity contribution in [2.24, 2.45) is 5.73 Å². The molecule has 4 aromatic rings. The van der Waals surface area contributed by atoms with Gasteiger partial charge in [0, 0.05) is 36.2 Å². The SMILES string of the molecule is CCCC(CCC)c1nc2c([nH]1)c(Nc1ccc(/C=C/C(=O)NCCN)cc1)nc1ccccc12. The van der Waals surface area contributed by atoms with Crippen molar-refractivity contribution < 1.29 is 4.79 Å². The molecule has 0 spiro atoms. The lowest BCUT2D eigenvalue weighted by Gasteiger charge is -2.11. The van der Waals surface area contributed by atoms with E-state index < -0.39 is 0 Å². The molecule has 7 nitrogen and oxygen atoms in total. The molecule has 0 saturated heterocycles. The van der Waals surface area contributed by atoms with Gasteiger partial charge in [0.2, 0.25) is 5.91 Å². The molecule has 35 heavy (non-hydrogen) atoms. The maximum absolute atomic E-state index is 11.8. The van der Waals surface area contributed by atoms with E-state index in [4.69, 9.17) is 15.7 Å². The fourth-order valence-electron chi connectivity index (χ4n) is 4.34. The van der Waals surface area contributed by atoms with Crippen LogP contribution in [0.2, 0.25) is 0 Å². The lowest BCUT2D eigenvalue weighted by Crippen LogP contribution is -2.27. The van der Waals surface area contributed by atoms with Gasteiger partial charge in [0.15, 0.2) is 5.82 Å². The second-order valence-corrected chi connectivity index (χ2v) is 8.76. The van der Waals surface area contributed by atoms with E-state index in [9.17, 15) is 4.79 Å². The summed E-state index contributed by atoms with van der Waals surface area (Å²) in [4.78, 5) is 25.4. The van der Waals surface area contributed by atoms with E-state index in [-0.39, 0.29) is 5.91 Å². The van der Waals surface area contributed by atoms with Crippen LogP contribution >= 0.6 is 0 Å². The maximum Gasteiger partial charge on any atom is 0.244 e. The van der Waals surface area contributed by atoms with Crippen LogP contribution in [-0.4, -0.2) is 33.9 Å². The van der Waals surface area contributed by atoms with Crippen LogP contribution in [0.1, 0.15) is 56.8 Å². The molecule has 0 aliphatic carbocycles. The summed E-state index contributed by atoms with van der Waals surface area (Å²) in [5.74, 6) is 2.06. The Kier molecular flexibility index (Phi) is 8.11. The van der Waals surface area contributed by atoms with Crippen molar-refractivity contribution >= 4 is 45.4 Å². The van der Waals surface area contributed by atoms with Crippen LogP contribution in [0.3, 0.4) is 0 Å². The molecule has 5 N–H and O–H groups in total. The molecule has 0 bridgehead atoms. The molecule has 1 amide bonds. The second kappa shape index (κ2) is 11.6. The van der Waals surface area contributed by atoms with Crippen molar-refractivity contribution in [3.05, 3.63) is 66.0 Å². The predicted molar refractivity (Wildman–Crippen MR) is 145 cm³/mol. The summed E-state index contributed by atoms with van der Waals surface area (Å²) in [6.45, 7) is 5.33. The number of hydrogen-bond donors (Lipinski definition) is 4. The molecule has 0 saturated carbocycles. The highest BCUT2D eigenvalue weighted by atomic mass is 16.1. The van der Waals surface area contributed by atoms with Gasteiger partial charge >= 0.3 is 0 Å². The Balaban J connectivity index is 1.64. The zero-order valence-electron chi connectivity index (χ0n) is 20.5. The van der Waals surface area contributed by atoms with E-state index in [1.54, 1.807) is 6.08 Å². The highest BCUT2D eigenvalue weighted by Crippen LogP contribution is 2.33. The highest BCUT2D eigenvalue weighted by Gasteiger charge is 2.18. The van der Waals surface area contributed by atoms with E-state index in [0.717, 1.165) is 70.5 Å². The Morgan fingerprint density at radius 2 is 1.80 bits per heavy atom. The number of aromatic amines is 1. The third-order valence-electron chi connectivity index (χ3n) is 6.06. The molecule has 0 aliphatic heterocycles. The number of pyridine rings is 1. The van der Waals surface area contributed by atoms with E-state index in [0.29, 0.717) is 19.0 Å². The van der Waals surface area contributed by atoms with E-state index >= 15 is 0 Å². The third kappa shape index (κ3) is 5.87. The van der Waals surface area contributed by atoms with Crippen LogP contribution in [-0.2, 0) is 4.79 Å². The Morgan fingerprint density at radius 3 is 2.51 bits per heavy atom. The highest BCUT2D eigenvalue weighted by molar-refractivity contribution is 6.07. The van der Waals surface area contributed by atoms with Crippen molar-refractivity contribution in [3.8, 4) is 0 Å². The number of carbonyl (C=O) groups excluding carboxylic acids is 1. The first kappa shape index (κ1) is 24.4. The van der Waals surface area contributed by atoms with Crippen LogP contribution in [0.4, 0.5) is 11.5 Å². The summed E-state index contributed by atoms with van der Waals surface area (Å²) in [5, 5.41) is 7.25. The molecule has 182 valence electrons. The van der Waals surface area contributed by atoms with Gasteiger partial charge < -0.3 is 21.4 Å². The zero-order valence-corrected chi connectivity index (χ0v) is 20.5. The third-order valence-corrected chi connectivity index (χ3v) is 6.06. The number of anilines is 2. The predicted octanol–water partition coefficient (Wildman–Crippen LogP) is 5.63. The largest absolute Gasteiger partial charge is 0.351 e. The number of benzene rings is 2. The Hall–Kier alpha value is -3.71. The van der Waals surface area contributed by atoms with Gasteiger partial charge in [-0.3, -0.25) is 4.79 Å². The van der Waals surface area contributed by atoms with Crippen LogP contribution in [0.5, 0.6) is 0 Å². The minimum atomic E-state index is -0.153. The number of rotatable bonds is 11. The standard InChI is InChI=1S/C28H34N6O/c1-3-7-20(8-4-2)27-33-25-22-9-5-6-10-23(22)32-28(26(25)34-27)31-21-14-11-19(12-15-21)13-16-24(35)30-18-17-29/h5-6,9-16,20H,3-4,7-8,17-18,29H2,1-2H3,(H,30,35)(H,31,32)(H,33,34)/b16-13+. The Morgan fingerprint density at radius 1 is 1.06 bits per heavy atom. The number of H-pyrrole nitrogens is 1. The summed E-state index contributed by atoms with van der Waals surface area (Å²) in [7, 11) is 0. The Bertz CT molecular complexity index is 1300. The number of amides is 1. The molecule has 4 rings (SSSR count). The molecule has 0 atom stereocenters. The zero-order chi connectivity index (χ0) is 24.6. The molecule has 7 heteroatoms. The number of nitrogens with two attached hydrogens (primary N) is 1. The lowest BCUT2D eigenvalue weighted by molar-refractivity contribution is -0.116. The van der Waals surface area contributed by atoms with E-state index in [1.165, 1.54) is 6.08 Å². The van der Waals surface area contributed by atoms with Crippen LogP contribution in [0.15, 0.2) is 54.6 Å². The molecule has 0 unspecified atom stereocenters. The van der Waals surface area contributed by atoms with Gasteiger partial charge in [-0.1, -0.05) is 57.0 Å². The summed E-state index contributed by atoms with van der Waals surface area (Å²) >= 11 is 0. The van der Waals surface area contributed by atoms with Crippen LogP contribution in [0, 0.1) is 0 Å². The average Bonchev–Trinajstić information content (AvgIpc) is 3.33. The summed E-state index contributed by atoms with van der Waals surface area (Å²) in [5.41, 5.74) is 10.0. The van der Waals surface area contributed by atoms with Gasteiger partial charge in [0.1, 0.15) is 16.9 Å². The van der Waals surface area contributed by atoms with Crippen LogP contribution in [0.25, 0.3) is 28.0 Å². The number of imidazole rings is 1. The number of nitrogens with one attached hydrogen (secondary N) is 3. The van der Waals surface area contributed by atoms with Gasteiger partial charge in [0.25, 0.3) is 0 Å². The van der Waals surface area contributed by atoms with Gasteiger partial charge in [-0.25, -0.2) is 9.97 Å².